The Morgan fingerprint density at radius 2 is 2.00 bits per heavy atom. The highest BCUT2D eigenvalue weighted by Crippen LogP contribution is 2.19. The Kier molecular flexibility index (Phi) is 4.48. The molecule has 90 valence electrons. The maximum atomic E-state index is 12.0. The lowest BCUT2D eigenvalue weighted by Crippen LogP contribution is -2.04. The number of carbonyl (C=O) groups is 1. The van der Waals surface area contributed by atoms with Crippen molar-refractivity contribution >= 4 is 5.78 Å². The van der Waals surface area contributed by atoms with Crippen molar-refractivity contribution in [1.82, 2.24) is 4.98 Å². The van der Waals surface area contributed by atoms with E-state index in [1.165, 1.54) is 24.8 Å². The quantitative estimate of drug-likeness (QED) is 0.791. The van der Waals surface area contributed by atoms with Crippen molar-refractivity contribution in [3.8, 4) is 0 Å². The lowest BCUT2D eigenvalue weighted by molar-refractivity contribution is -0.115. The lowest BCUT2D eigenvalue weighted by atomic mass is 10.0. The minimum Gasteiger partial charge on any atom is -0.295 e. The van der Waals surface area contributed by atoms with Crippen LogP contribution in [0, 0.1) is 0 Å². The van der Waals surface area contributed by atoms with Crippen LogP contribution in [0.4, 0.5) is 0 Å². The number of Topliss-reactive ketones (excluding diaryl/α,β-unsaturated/α-hetero) is 1. The summed E-state index contributed by atoms with van der Waals surface area (Å²) >= 11 is 0. The van der Waals surface area contributed by atoms with Gasteiger partial charge in [0.15, 0.2) is 5.78 Å². The number of hydrogen-bond donors (Lipinski definition) is 0. The van der Waals surface area contributed by atoms with E-state index in [1.807, 2.05) is 12.1 Å². The maximum absolute atomic E-state index is 12.0. The molecule has 1 heterocycles. The Labute approximate surface area is 103 Å². The molecule has 1 aromatic heterocycles. The van der Waals surface area contributed by atoms with Crippen molar-refractivity contribution in [2.24, 2.45) is 0 Å². The number of aromatic nitrogens is 1. The SMILES string of the molecule is O=C(CCc1ccncc1)C1=CCCCCC1. The van der Waals surface area contributed by atoms with Gasteiger partial charge in [-0.05, 0) is 55.4 Å². The van der Waals surface area contributed by atoms with Gasteiger partial charge in [-0.1, -0.05) is 12.5 Å². The Hall–Kier alpha value is -1.44. The van der Waals surface area contributed by atoms with Gasteiger partial charge in [0.2, 0.25) is 0 Å². The Morgan fingerprint density at radius 1 is 1.18 bits per heavy atom. The second-order valence-electron chi connectivity index (χ2n) is 4.61. The van der Waals surface area contributed by atoms with Crippen LogP contribution in [-0.4, -0.2) is 10.8 Å². The summed E-state index contributed by atoms with van der Waals surface area (Å²) in [6, 6.07) is 3.96. The van der Waals surface area contributed by atoms with Crippen molar-refractivity contribution < 1.29 is 4.79 Å². The van der Waals surface area contributed by atoms with Gasteiger partial charge in [0.25, 0.3) is 0 Å². The first-order valence-corrected chi connectivity index (χ1v) is 6.47. The van der Waals surface area contributed by atoms with Gasteiger partial charge in [-0.3, -0.25) is 9.78 Å². The highest BCUT2D eigenvalue weighted by Gasteiger charge is 2.11. The van der Waals surface area contributed by atoms with Gasteiger partial charge >= 0.3 is 0 Å². The van der Waals surface area contributed by atoms with Crippen molar-refractivity contribution in [1.29, 1.82) is 0 Å². The van der Waals surface area contributed by atoms with Crippen LogP contribution in [0.15, 0.2) is 36.2 Å². The number of rotatable bonds is 4. The van der Waals surface area contributed by atoms with Crippen LogP contribution < -0.4 is 0 Å². The molecule has 2 heteroatoms. The predicted octanol–water partition coefficient (Wildman–Crippen LogP) is 3.47. The summed E-state index contributed by atoms with van der Waals surface area (Å²) in [6.45, 7) is 0. The van der Waals surface area contributed by atoms with Crippen molar-refractivity contribution in [3.63, 3.8) is 0 Å². The van der Waals surface area contributed by atoms with Crippen LogP contribution in [0.25, 0.3) is 0 Å². The normalized spacial score (nSPS) is 16.1. The molecule has 0 saturated heterocycles. The molecule has 17 heavy (non-hydrogen) atoms. The molecule has 2 nitrogen and oxygen atoms in total. The molecule has 0 atom stereocenters. The minimum atomic E-state index is 0.337. The van der Waals surface area contributed by atoms with E-state index in [9.17, 15) is 4.79 Å². The number of ketones is 1. The Balaban J connectivity index is 1.86. The molecule has 0 N–H and O–H groups in total. The van der Waals surface area contributed by atoms with Crippen molar-refractivity contribution in [2.45, 2.75) is 44.9 Å². The summed E-state index contributed by atoms with van der Waals surface area (Å²) in [6.07, 6.45) is 12.9. The summed E-state index contributed by atoms with van der Waals surface area (Å²) in [4.78, 5) is 16.0. The summed E-state index contributed by atoms with van der Waals surface area (Å²) in [7, 11) is 0. The molecule has 0 fully saturated rings. The summed E-state index contributed by atoms with van der Waals surface area (Å²) in [5.74, 6) is 0.337. The fourth-order valence-corrected chi connectivity index (χ4v) is 2.24. The third kappa shape index (κ3) is 3.81. The number of allylic oxidation sites excluding steroid dienone is 2. The smallest absolute Gasteiger partial charge is 0.158 e. The fraction of sp³-hybridized carbons (Fsp3) is 0.467. The minimum absolute atomic E-state index is 0.337. The number of aryl methyl sites for hydroxylation is 1. The third-order valence-corrected chi connectivity index (χ3v) is 3.29. The van der Waals surface area contributed by atoms with E-state index in [-0.39, 0.29) is 0 Å². The summed E-state index contributed by atoms with van der Waals surface area (Å²) in [5, 5.41) is 0. The molecule has 0 aromatic carbocycles. The number of carbonyl (C=O) groups excluding carboxylic acids is 1. The molecule has 2 rings (SSSR count). The van der Waals surface area contributed by atoms with E-state index in [4.69, 9.17) is 0 Å². The first-order valence-electron chi connectivity index (χ1n) is 6.47. The van der Waals surface area contributed by atoms with Crippen LogP contribution >= 0.6 is 0 Å². The summed E-state index contributed by atoms with van der Waals surface area (Å²) in [5.41, 5.74) is 2.26. The second kappa shape index (κ2) is 6.33. The van der Waals surface area contributed by atoms with Gasteiger partial charge in [-0.2, -0.15) is 0 Å². The van der Waals surface area contributed by atoms with Gasteiger partial charge in [0.1, 0.15) is 0 Å². The predicted molar refractivity (Wildman–Crippen MR) is 68.7 cm³/mol. The lowest BCUT2D eigenvalue weighted by Gasteiger charge is -2.04. The van der Waals surface area contributed by atoms with Gasteiger partial charge in [0.05, 0.1) is 0 Å². The Morgan fingerprint density at radius 3 is 2.82 bits per heavy atom. The molecule has 0 amide bonds. The molecule has 1 aromatic rings. The molecule has 1 aliphatic rings. The zero-order valence-corrected chi connectivity index (χ0v) is 10.2. The molecule has 0 unspecified atom stereocenters. The fourth-order valence-electron chi connectivity index (χ4n) is 2.24. The monoisotopic (exact) mass is 229 g/mol. The Bertz CT molecular complexity index is 395. The maximum Gasteiger partial charge on any atom is 0.158 e. The standard InChI is InChI=1S/C15H19NO/c17-15(14-5-3-1-2-4-6-14)8-7-13-9-11-16-12-10-13/h5,9-12H,1-4,6-8H2. The van der Waals surface area contributed by atoms with Crippen LogP contribution in [0.2, 0.25) is 0 Å². The van der Waals surface area contributed by atoms with E-state index in [1.54, 1.807) is 12.4 Å². The molecule has 1 aliphatic carbocycles. The van der Waals surface area contributed by atoms with Crippen molar-refractivity contribution in [2.75, 3.05) is 0 Å². The molecule has 0 spiro atoms. The average Bonchev–Trinajstić information content (AvgIpc) is 2.66. The number of pyridine rings is 1. The van der Waals surface area contributed by atoms with Crippen molar-refractivity contribution in [3.05, 3.63) is 41.7 Å². The zero-order chi connectivity index (χ0) is 11.9. The van der Waals surface area contributed by atoms with Crippen LogP contribution in [-0.2, 0) is 11.2 Å². The van der Waals surface area contributed by atoms with E-state index in [0.717, 1.165) is 24.8 Å². The highest BCUT2D eigenvalue weighted by molar-refractivity contribution is 5.95. The van der Waals surface area contributed by atoms with E-state index in [0.29, 0.717) is 12.2 Å². The molecular formula is C15H19NO. The highest BCUT2D eigenvalue weighted by atomic mass is 16.1. The van der Waals surface area contributed by atoms with Gasteiger partial charge in [-0.15, -0.1) is 0 Å². The summed E-state index contributed by atoms with van der Waals surface area (Å²) < 4.78 is 0. The van der Waals surface area contributed by atoms with Gasteiger partial charge < -0.3 is 0 Å². The molecule has 0 radical (unpaired) electrons. The van der Waals surface area contributed by atoms with E-state index >= 15 is 0 Å². The van der Waals surface area contributed by atoms with E-state index in [2.05, 4.69) is 11.1 Å². The molecular weight excluding hydrogens is 210 g/mol. The van der Waals surface area contributed by atoms with E-state index < -0.39 is 0 Å². The van der Waals surface area contributed by atoms with Gasteiger partial charge in [0, 0.05) is 18.8 Å². The first kappa shape index (κ1) is 12.0. The number of hydrogen-bond acceptors (Lipinski definition) is 2. The zero-order valence-electron chi connectivity index (χ0n) is 10.2. The molecule has 0 saturated carbocycles. The van der Waals surface area contributed by atoms with Crippen LogP contribution in [0.3, 0.4) is 0 Å². The van der Waals surface area contributed by atoms with Gasteiger partial charge in [-0.25, -0.2) is 0 Å². The molecule has 0 bridgehead atoms. The largest absolute Gasteiger partial charge is 0.295 e. The number of nitrogens with zero attached hydrogens (tertiary/aromatic N) is 1. The molecule has 0 aliphatic heterocycles. The second-order valence-corrected chi connectivity index (χ2v) is 4.61. The topological polar surface area (TPSA) is 30.0 Å². The third-order valence-electron chi connectivity index (χ3n) is 3.29. The first-order chi connectivity index (χ1) is 8.36. The average molecular weight is 229 g/mol. The van der Waals surface area contributed by atoms with Crippen LogP contribution in [0.1, 0.15) is 44.1 Å². The van der Waals surface area contributed by atoms with Crippen LogP contribution in [0.5, 0.6) is 0 Å².